The zero-order chi connectivity index (χ0) is 12.3. The third-order valence-corrected chi connectivity index (χ3v) is 2.35. The summed E-state index contributed by atoms with van der Waals surface area (Å²) in [5.41, 5.74) is 1.66. The van der Waals surface area contributed by atoms with Gasteiger partial charge in [-0.3, -0.25) is 0 Å². The van der Waals surface area contributed by atoms with Gasteiger partial charge in [0.1, 0.15) is 7.82 Å². The Morgan fingerprint density at radius 2 is 1.78 bits per heavy atom. The average Bonchev–Trinajstić information content (AvgIpc) is 2.14. The number of rotatable bonds is 4. The maximum atomic E-state index is 10.3. The molecule has 0 spiro atoms. The van der Waals surface area contributed by atoms with E-state index in [2.05, 4.69) is 9.56 Å². The molecule has 0 atom stereocenters. The third-order valence-electron chi connectivity index (χ3n) is 2.10. The predicted molar refractivity (Wildman–Crippen MR) is 54.6 cm³/mol. The van der Waals surface area contributed by atoms with Gasteiger partial charge in [0.25, 0.3) is 0 Å². The smallest absolute Gasteiger partial charge is 0.787 e. The van der Waals surface area contributed by atoms with Crippen molar-refractivity contribution in [2.75, 3.05) is 0 Å². The molecule has 18 heavy (non-hydrogen) atoms. The second kappa shape index (κ2) is 9.14. The molecule has 0 saturated heterocycles. The van der Waals surface area contributed by atoms with Gasteiger partial charge in [-0.15, -0.1) is 0 Å². The number of hydrogen-bond acceptors (Lipinski definition) is 5. The van der Waals surface area contributed by atoms with Crippen molar-refractivity contribution in [2.24, 2.45) is 0 Å². The molecule has 0 N–H and O–H groups in total. The largest absolute Gasteiger partial charge is 1.00 e. The van der Waals surface area contributed by atoms with Gasteiger partial charge in [-0.2, -0.15) is 4.67 Å². The van der Waals surface area contributed by atoms with Crippen LogP contribution in [0.5, 0.6) is 5.75 Å². The summed E-state index contributed by atoms with van der Waals surface area (Å²) < 4.78 is 14.0. The molecule has 0 unspecified atom stereocenters. The Kier molecular flexibility index (Phi) is 10.9. The molecule has 90 valence electrons. The summed E-state index contributed by atoms with van der Waals surface area (Å²) in [5, 5.41) is 0. The molecule has 0 aliphatic carbocycles. The zero-order valence-electron chi connectivity index (χ0n) is 11.3. The summed E-state index contributed by atoms with van der Waals surface area (Å²) in [6, 6.07) is 5.32. The molecule has 1 aromatic rings. The summed E-state index contributed by atoms with van der Waals surface area (Å²) in [6.45, 7) is 5.70. The minimum absolute atomic E-state index is 0. The van der Waals surface area contributed by atoms with Crippen LogP contribution in [0, 0.1) is 6.92 Å². The SMILES string of the molecule is Cc1ccc(C(C)C)cc1OOP(=O)([O-])[O-].[Na+].[Na+]. The minimum atomic E-state index is -5.11. The van der Waals surface area contributed by atoms with Gasteiger partial charge in [-0.25, -0.2) is 0 Å². The van der Waals surface area contributed by atoms with Crippen molar-refractivity contribution in [1.29, 1.82) is 0 Å². The summed E-state index contributed by atoms with van der Waals surface area (Å²) in [7, 11) is -5.11. The molecule has 0 aliphatic rings. The van der Waals surface area contributed by atoms with Crippen molar-refractivity contribution in [1.82, 2.24) is 0 Å². The molecule has 0 saturated carbocycles. The van der Waals surface area contributed by atoms with E-state index in [1.807, 2.05) is 19.9 Å². The molecular formula is C10H13Na2O5P. The molecule has 5 nitrogen and oxygen atoms in total. The maximum absolute atomic E-state index is 10.3. The fourth-order valence-electron chi connectivity index (χ4n) is 1.15. The van der Waals surface area contributed by atoms with Gasteiger partial charge >= 0.3 is 59.1 Å². The van der Waals surface area contributed by atoms with Crippen LogP contribution in [0.4, 0.5) is 0 Å². The Labute approximate surface area is 151 Å². The molecule has 0 heterocycles. The Balaban J connectivity index is 0. The van der Waals surface area contributed by atoms with E-state index in [4.69, 9.17) is 0 Å². The zero-order valence-corrected chi connectivity index (χ0v) is 16.2. The van der Waals surface area contributed by atoms with Crippen molar-refractivity contribution >= 4 is 7.82 Å². The maximum Gasteiger partial charge on any atom is 1.00 e. The fourth-order valence-corrected chi connectivity index (χ4v) is 1.32. The third kappa shape index (κ3) is 7.65. The molecular weight excluding hydrogens is 277 g/mol. The van der Waals surface area contributed by atoms with Crippen molar-refractivity contribution in [3.05, 3.63) is 29.3 Å². The van der Waals surface area contributed by atoms with Crippen molar-refractivity contribution in [2.45, 2.75) is 26.7 Å². The average molecular weight is 290 g/mol. The first-order valence-electron chi connectivity index (χ1n) is 4.78. The quantitative estimate of drug-likeness (QED) is 0.241. The van der Waals surface area contributed by atoms with Gasteiger partial charge < -0.3 is 19.2 Å². The Hall–Kier alpha value is 1.13. The molecule has 0 aromatic heterocycles. The van der Waals surface area contributed by atoms with E-state index in [0.29, 0.717) is 5.56 Å². The van der Waals surface area contributed by atoms with Crippen molar-refractivity contribution < 1.29 is 83.0 Å². The van der Waals surface area contributed by atoms with Crippen molar-refractivity contribution in [3.63, 3.8) is 0 Å². The van der Waals surface area contributed by atoms with Gasteiger partial charge in [-0.1, -0.05) is 26.0 Å². The van der Waals surface area contributed by atoms with Crippen LogP contribution in [0.1, 0.15) is 30.9 Å². The summed E-state index contributed by atoms with van der Waals surface area (Å²) in [6.07, 6.45) is 0. The minimum Gasteiger partial charge on any atom is -0.787 e. The van der Waals surface area contributed by atoms with E-state index in [9.17, 15) is 14.4 Å². The molecule has 0 bridgehead atoms. The van der Waals surface area contributed by atoms with Crippen LogP contribution in [-0.4, -0.2) is 0 Å². The molecule has 1 rings (SSSR count). The summed E-state index contributed by atoms with van der Waals surface area (Å²) in [4.78, 5) is 25.0. The standard InChI is InChI=1S/C10H15O5P.2Na/c1-7(2)9-5-4-8(3)10(6-9)14-15-16(11,12)13;;/h4-7H,1-3H3,(H2,11,12,13);;/q;2*+1/p-2. The van der Waals surface area contributed by atoms with Crippen LogP contribution in [0.25, 0.3) is 0 Å². The van der Waals surface area contributed by atoms with E-state index in [0.717, 1.165) is 5.56 Å². The normalized spacial score (nSPS) is 10.6. The van der Waals surface area contributed by atoms with Gasteiger partial charge in [-0.05, 0) is 30.0 Å². The predicted octanol–water partition coefficient (Wildman–Crippen LogP) is -4.73. The van der Waals surface area contributed by atoms with E-state index >= 15 is 0 Å². The van der Waals surface area contributed by atoms with E-state index in [1.54, 1.807) is 19.1 Å². The number of aryl methyl sites for hydroxylation is 1. The number of hydrogen-bond donors (Lipinski definition) is 0. The van der Waals surface area contributed by atoms with E-state index < -0.39 is 7.82 Å². The van der Waals surface area contributed by atoms with Gasteiger partial charge in [0, 0.05) is 0 Å². The Bertz CT molecular complexity index is 419. The van der Waals surface area contributed by atoms with Crippen LogP contribution in [0.2, 0.25) is 0 Å². The molecule has 8 heteroatoms. The first kappa shape index (κ1) is 21.4. The van der Waals surface area contributed by atoms with Crippen LogP contribution < -0.4 is 73.8 Å². The van der Waals surface area contributed by atoms with Crippen LogP contribution in [0.3, 0.4) is 0 Å². The molecule has 0 radical (unpaired) electrons. The topological polar surface area (TPSA) is 81.7 Å². The van der Waals surface area contributed by atoms with Gasteiger partial charge in [0.2, 0.25) is 0 Å². The summed E-state index contributed by atoms with van der Waals surface area (Å²) >= 11 is 0. The van der Waals surface area contributed by atoms with Gasteiger partial charge in [0.15, 0.2) is 5.75 Å². The first-order valence-corrected chi connectivity index (χ1v) is 6.24. The second-order valence-corrected chi connectivity index (χ2v) is 4.83. The number of phosphoric acid groups is 1. The van der Waals surface area contributed by atoms with Crippen LogP contribution >= 0.6 is 7.82 Å². The molecule has 1 aromatic carbocycles. The van der Waals surface area contributed by atoms with E-state index in [-0.39, 0.29) is 70.8 Å². The molecule has 0 aliphatic heterocycles. The van der Waals surface area contributed by atoms with Crippen LogP contribution in [0.15, 0.2) is 18.2 Å². The monoisotopic (exact) mass is 290 g/mol. The Morgan fingerprint density at radius 1 is 1.22 bits per heavy atom. The second-order valence-electron chi connectivity index (χ2n) is 3.78. The molecule has 0 fully saturated rings. The molecule has 0 amide bonds. The number of benzene rings is 1. The van der Waals surface area contributed by atoms with Crippen molar-refractivity contribution in [3.8, 4) is 5.75 Å². The van der Waals surface area contributed by atoms with Crippen LogP contribution in [-0.2, 0) is 9.24 Å². The fraction of sp³-hybridized carbons (Fsp3) is 0.400. The first-order chi connectivity index (χ1) is 7.29. The summed E-state index contributed by atoms with van der Waals surface area (Å²) in [5.74, 6) is 0.507. The van der Waals surface area contributed by atoms with E-state index in [1.165, 1.54) is 0 Å². The Morgan fingerprint density at radius 3 is 2.22 bits per heavy atom. The van der Waals surface area contributed by atoms with Gasteiger partial charge in [0.05, 0.1) is 0 Å².